The van der Waals surface area contributed by atoms with Crippen molar-refractivity contribution in [1.82, 2.24) is 10.2 Å². The zero-order valence-electron chi connectivity index (χ0n) is 13.1. The van der Waals surface area contributed by atoms with Gasteiger partial charge in [0.2, 0.25) is 0 Å². The molecule has 1 amide bonds. The van der Waals surface area contributed by atoms with Crippen molar-refractivity contribution in [3.63, 3.8) is 0 Å². The fraction of sp³-hybridized carbons (Fsp3) is 0.176. The summed E-state index contributed by atoms with van der Waals surface area (Å²) in [5.41, 5.74) is 1.89. The van der Waals surface area contributed by atoms with Crippen molar-refractivity contribution in [2.45, 2.75) is 13.5 Å². The molecule has 3 rings (SSSR count). The summed E-state index contributed by atoms with van der Waals surface area (Å²) in [6, 6.07) is 11.6. The third-order valence-electron chi connectivity index (χ3n) is 3.37. The van der Waals surface area contributed by atoms with Gasteiger partial charge in [0, 0.05) is 11.1 Å². The van der Waals surface area contributed by atoms with Gasteiger partial charge in [-0.05, 0) is 30.5 Å². The van der Waals surface area contributed by atoms with E-state index < -0.39 is 0 Å². The number of nitrogens with zero attached hydrogens (tertiary/aromatic N) is 2. The van der Waals surface area contributed by atoms with Gasteiger partial charge in [0.25, 0.3) is 5.91 Å². The van der Waals surface area contributed by atoms with Gasteiger partial charge >= 0.3 is 0 Å². The standard InChI is InChI=1S/C17H17N3O2S.ClH/c1-13-4-6-15(7-5-13)22-12-17(21)20(14-9-18-19-10-14)11-16-3-2-8-23-16;/h2-10H,11-12H2,1H3,(H,18,19);1H. The maximum Gasteiger partial charge on any atom is 0.265 e. The van der Waals surface area contributed by atoms with Crippen LogP contribution in [0.2, 0.25) is 0 Å². The maximum atomic E-state index is 12.6. The summed E-state index contributed by atoms with van der Waals surface area (Å²) in [6.07, 6.45) is 3.34. The number of hydrogen-bond donors (Lipinski definition) is 1. The van der Waals surface area contributed by atoms with Crippen LogP contribution in [0.4, 0.5) is 5.69 Å². The number of hydrogen-bond acceptors (Lipinski definition) is 4. The molecule has 1 aromatic carbocycles. The number of aromatic amines is 1. The first-order valence-corrected chi connectivity index (χ1v) is 8.11. The van der Waals surface area contributed by atoms with Crippen LogP contribution in [-0.4, -0.2) is 22.7 Å². The summed E-state index contributed by atoms with van der Waals surface area (Å²) in [7, 11) is 0. The van der Waals surface area contributed by atoms with Crippen molar-refractivity contribution >= 4 is 35.3 Å². The number of halogens is 1. The molecule has 2 aromatic heterocycles. The highest BCUT2D eigenvalue weighted by Gasteiger charge is 2.18. The van der Waals surface area contributed by atoms with Crippen LogP contribution in [0.3, 0.4) is 0 Å². The summed E-state index contributed by atoms with van der Waals surface area (Å²) in [6.45, 7) is 2.50. The number of rotatable bonds is 6. The summed E-state index contributed by atoms with van der Waals surface area (Å²) in [5.74, 6) is 0.576. The first-order chi connectivity index (χ1) is 11.2. The second-order valence-electron chi connectivity index (χ2n) is 5.12. The Morgan fingerprint density at radius 3 is 2.71 bits per heavy atom. The molecule has 24 heavy (non-hydrogen) atoms. The van der Waals surface area contributed by atoms with E-state index >= 15 is 0 Å². The van der Waals surface area contributed by atoms with E-state index in [9.17, 15) is 4.79 Å². The van der Waals surface area contributed by atoms with E-state index in [1.54, 1.807) is 28.6 Å². The second kappa shape index (κ2) is 8.52. The first-order valence-electron chi connectivity index (χ1n) is 7.23. The van der Waals surface area contributed by atoms with Crippen LogP contribution in [0.1, 0.15) is 10.4 Å². The maximum absolute atomic E-state index is 12.6. The van der Waals surface area contributed by atoms with Crippen LogP contribution in [0.25, 0.3) is 0 Å². The van der Waals surface area contributed by atoms with Crippen LogP contribution in [0.5, 0.6) is 5.75 Å². The lowest BCUT2D eigenvalue weighted by atomic mass is 10.2. The molecule has 0 aliphatic heterocycles. The molecular weight excluding hydrogens is 346 g/mol. The number of thiophene rings is 1. The van der Waals surface area contributed by atoms with E-state index in [2.05, 4.69) is 10.2 Å². The molecule has 2 heterocycles. The van der Waals surface area contributed by atoms with Crippen LogP contribution in [0.15, 0.2) is 54.2 Å². The number of anilines is 1. The molecule has 5 nitrogen and oxygen atoms in total. The number of aromatic nitrogens is 2. The van der Waals surface area contributed by atoms with E-state index in [0.29, 0.717) is 12.3 Å². The average Bonchev–Trinajstić information content (AvgIpc) is 3.25. The molecular formula is C17H18ClN3O2S. The van der Waals surface area contributed by atoms with Crippen molar-refractivity contribution in [3.05, 3.63) is 64.6 Å². The minimum absolute atomic E-state index is 0. The summed E-state index contributed by atoms with van der Waals surface area (Å²) in [4.78, 5) is 15.3. The van der Waals surface area contributed by atoms with Crippen LogP contribution in [0, 0.1) is 6.92 Å². The predicted octanol–water partition coefficient (Wildman–Crippen LogP) is 3.81. The molecule has 0 atom stereocenters. The van der Waals surface area contributed by atoms with E-state index in [1.807, 2.05) is 48.7 Å². The van der Waals surface area contributed by atoms with Crippen molar-refractivity contribution in [3.8, 4) is 5.75 Å². The Hall–Kier alpha value is -2.31. The lowest BCUT2D eigenvalue weighted by molar-refractivity contribution is -0.120. The number of amides is 1. The van der Waals surface area contributed by atoms with Crippen LogP contribution >= 0.6 is 23.7 Å². The van der Waals surface area contributed by atoms with E-state index in [1.165, 1.54) is 0 Å². The van der Waals surface area contributed by atoms with Gasteiger partial charge in [0.05, 0.1) is 18.4 Å². The quantitative estimate of drug-likeness (QED) is 0.724. The second-order valence-corrected chi connectivity index (χ2v) is 6.15. The molecule has 0 aliphatic rings. The smallest absolute Gasteiger partial charge is 0.265 e. The topological polar surface area (TPSA) is 58.2 Å². The number of carbonyl (C=O) groups is 1. The van der Waals surface area contributed by atoms with Crippen LogP contribution in [-0.2, 0) is 11.3 Å². The molecule has 7 heteroatoms. The minimum atomic E-state index is -0.111. The van der Waals surface area contributed by atoms with Crippen LogP contribution < -0.4 is 9.64 Å². The highest BCUT2D eigenvalue weighted by molar-refractivity contribution is 7.09. The van der Waals surface area contributed by atoms with Crippen molar-refractivity contribution in [1.29, 1.82) is 0 Å². The summed E-state index contributed by atoms with van der Waals surface area (Å²) in [5, 5.41) is 8.67. The lowest BCUT2D eigenvalue weighted by Crippen LogP contribution is -2.34. The molecule has 0 radical (unpaired) electrons. The van der Waals surface area contributed by atoms with Crippen molar-refractivity contribution in [2.24, 2.45) is 0 Å². The van der Waals surface area contributed by atoms with Crippen molar-refractivity contribution < 1.29 is 9.53 Å². The third kappa shape index (κ3) is 4.59. The minimum Gasteiger partial charge on any atom is -0.484 e. The number of nitrogens with one attached hydrogen (secondary N) is 1. The largest absolute Gasteiger partial charge is 0.484 e. The Morgan fingerprint density at radius 2 is 2.08 bits per heavy atom. The summed E-state index contributed by atoms with van der Waals surface area (Å²) < 4.78 is 5.60. The molecule has 3 aromatic rings. The number of aryl methyl sites for hydroxylation is 1. The number of benzene rings is 1. The van der Waals surface area contributed by atoms with E-state index in [-0.39, 0.29) is 24.9 Å². The molecule has 0 fully saturated rings. The zero-order chi connectivity index (χ0) is 16.1. The molecule has 1 N–H and O–H groups in total. The molecule has 0 saturated carbocycles. The van der Waals surface area contributed by atoms with Gasteiger partial charge in [-0.2, -0.15) is 5.10 Å². The molecule has 0 bridgehead atoms. The number of ether oxygens (including phenoxy) is 1. The monoisotopic (exact) mass is 363 g/mol. The first kappa shape index (κ1) is 18.0. The van der Waals surface area contributed by atoms with E-state index in [4.69, 9.17) is 4.74 Å². The van der Waals surface area contributed by atoms with Crippen molar-refractivity contribution in [2.75, 3.05) is 11.5 Å². The molecule has 0 aliphatic carbocycles. The van der Waals surface area contributed by atoms with Gasteiger partial charge in [-0.3, -0.25) is 9.89 Å². The fourth-order valence-corrected chi connectivity index (χ4v) is 2.82. The fourth-order valence-electron chi connectivity index (χ4n) is 2.13. The molecule has 0 unspecified atom stereocenters. The number of H-pyrrole nitrogens is 1. The third-order valence-corrected chi connectivity index (χ3v) is 4.24. The Balaban J connectivity index is 0.00000208. The summed E-state index contributed by atoms with van der Waals surface area (Å²) >= 11 is 1.62. The highest BCUT2D eigenvalue weighted by atomic mass is 35.5. The van der Waals surface area contributed by atoms with Gasteiger partial charge in [-0.25, -0.2) is 0 Å². The zero-order valence-corrected chi connectivity index (χ0v) is 14.8. The normalized spacial score (nSPS) is 10.0. The average molecular weight is 364 g/mol. The molecule has 0 spiro atoms. The van der Waals surface area contributed by atoms with Gasteiger partial charge in [0.1, 0.15) is 5.75 Å². The molecule has 0 saturated heterocycles. The highest BCUT2D eigenvalue weighted by Crippen LogP contribution is 2.19. The van der Waals surface area contributed by atoms with Gasteiger partial charge in [0.15, 0.2) is 6.61 Å². The Labute approximate surface area is 150 Å². The van der Waals surface area contributed by atoms with Gasteiger partial charge in [-0.15, -0.1) is 23.7 Å². The SMILES string of the molecule is Cc1ccc(OCC(=O)N(Cc2cccs2)c2cn[nH]c2)cc1.Cl. The predicted molar refractivity (Wildman–Crippen MR) is 98.0 cm³/mol. The Morgan fingerprint density at radius 1 is 1.29 bits per heavy atom. The van der Waals surface area contributed by atoms with E-state index in [0.717, 1.165) is 16.1 Å². The Kier molecular flexibility index (Phi) is 6.40. The Bertz CT molecular complexity index is 743. The lowest BCUT2D eigenvalue weighted by Gasteiger charge is -2.20. The van der Waals surface area contributed by atoms with Gasteiger partial charge in [-0.1, -0.05) is 23.8 Å². The molecule has 126 valence electrons. The number of carbonyl (C=O) groups excluding carboxylic acids is 1. The van der Waals surface area contributed by atoms with Gasteiger partial charge < -0.3 is 9.64 Å².